The van der Waals surface area contributed by atoms with Crippen LogP contribution in [0.5, 0.6) is 0 Å². The van der Waals surface area contributed by atoms with Crippen LogP contribution in [0.15, 0.2) is 40.8 Å². The van der Waals surface area contributed by atoms with Crippen LogP contribution >= 0.6 is 0 Å². The van der Waals surface area contributed by atoms with E-state index in [1.54, 1.807) is 0 Å². The molecular formula is C12H15NO. The highest BCUT2D eigenvalue weighted by Crippen LogP contribution is 2.31. The van der Waals surface area contributed by atoms with E-state index < -0.39 is 0 Å². The molecule has 1 aliphatic carbocycles. The van der Waals surface area contributed by atoms with Gasteiger partial charge < -0.3 is 4.74 Å². The van der Waals surface area contributed by atoms with Crippen molar-refractivity contribution in [2.24, 2.45) is 16.8 Å². The topological polar surface area (TPSA) is 21.6 Å². The molecule has 1 aliphatic heterocycles. The third kappa shape index (κ3) is 1.65. The summed E-state index contributed by atoms with van der Waals surface area (Å²) < 4.78 is 5.60. The molecule has 0 spiro atoms. The Balaban J connectivity index is 2.23. The minimum absolute atomic E-state index is 0.359. The summed E-state index contributed by atoms with van der Waals surface area (Å²) in [7, 11) is 0. The molecular weight excluding hydrogens is 174 g/mol. The van der Waals surface area contributed by atoms with Gasteiger partial charge in [-0.15, -0.1) is 0 Å². The Bertz CT molecular complexity index is 336. The van der Waals surface area contributed by atoms with E-state index in [0.29, 0.717) is 11.8 Å². The van der Waals surface area contributed by atoms with Gasteiger partial charge in [0.15, 0.2) is 0 Å². The zero-order valence-electron chi connectivity index (χ0n) is 8.60. The van der Waals surface area contributed by atoms with E-state index in [-0.39, 0.29) is 0 Å². The Morgan fingerprint density at radius 2 is 2.36 bits per heavy atom. The monoisotopic (exact) mass is 189 g/mol. The lowest BCUT2D eigenvalue weighted by atomic mass is 9.85. The third-order valence-electron chi connectivity index (χ3n) is 2.52. The van der Waals surface area contributed by atoms with Crippen LogP contribution in [0, 0.1) is 11.8 Å². The molecule has 0 radical (unpaired) electrons. The van der Waals surface area contributed by atoms with Crippen molar-refractivity contribution in [2.45, 2.75) is 13.8 Å². The summed E-state index contributed by atoms with van der Waals surface area (Å²) in [5, 5.41) is 0. The lowest BCUT2D eigenvalue weighted by Crippen LogP contribution is -2.21. The number of hydrogen-bond donors (Lipinski definition) is 0. The average Bonchev–Trinajstić information content (AvgIpc) is 2.19. The average molecular weight is 189 g/mol. The fourth-order valence-electron chi connectivity index (χ4n) is 1.85. The zero-order chi connectivity index (χ0) is 9.97. The van der Waals surface area contributed by atoms with Crippen molar-refractivity contribution >= 4 is 6.21 Å². The van der Waals surface area contributed by atoms with Gasteiger partial charge >= 0.3 is 0 Å². The lowest BCUT2D eigenvalue weighted by Gasteiger charge is -2.26. The highest BCUT2D eigenvalue weighted by atomic mass is 16.5. The van der Waals surface area contributed by atoms with Gasteiger partial charge in [-0.3, -0.25) is 4.99 Å². The van der Waals surface area contributed by atoms with Gasteiger partial charge in [0, 0.05) is 23.7 Å². The second-order valence-electron chi connectivity index (χ2n) is 3.58. The van der Waals surface area contributed by atoms with Crippen molar-refractivity contribution in [3.05, 3.63) is 35.8 Å². The largest absolute Gasteiger partial charge is 0.498 e. The van der Waals surface area contributed by atoms with Crippen molar-refractivity contribution in [1.82, 2.24) is 0 Å². The summed E-state index contributed by atoms with van der Waals surface area (Å²) in [5.74, 6) is 1.80. The van der Waals surface area contributed by atoms with Crippen molar-refractivity contribution in [1.29, 1.82) is 0 Å². The number of hydrogen-bond acceptors (Lipinski definition) is 2. The maximum Gasteiger partial charge on any atom is 0.104 e. The fourth-order valence-corrected chi connectivity index (χ4v) is 1.85. The van der Waals surface area contributed by atoms with Crippen LogP contribution in [0.3, 0.4) is 0 Å². The van der Waals surface area contributed by atoms with E-state index in [0.717, 1.165) is 18.1 Å². The van der Waals surface area contributed by atoms with E-state index in [4.69, 9.17) is 4.74 Å². The number of fused-ring (bicyclic) bond motifs is 1. The first-order valence-corrected chi connectivity index (χ1v) is 5.05. The van der Waals surface area contributed by atoms with Gasteiger partial charge in [0.05, 0.1) is 6.61 Å². The normalized spacial score (nSPS) is 29.3. The van der Waals surface area contributed by atoms with Crippen LogP contribution in [0.4, 0.5) is 0 Å². The first-order chi connectivity index (χ1) is 6.81. The number of aliphatic imine (C=N–C) groups is 1. The van der Waals surface area contributed by atoms with Gasteiger partial charge in [-0.05, 0) is 19.9 Å². The van der Waals surface area contributed by atoms with Crippen LogP contribution in [0.1, 0.15) is 13.8 Å². The highest BCUT2D eigenvalue weighted by molar-refractivity contribution is 5.68. The first kappa shape index (κ1) is 9.25. The summed E-state index contributed by atoms with van der Waals surface area (Å²) in [6, 6.07) is 0. The molecule has 2 nitrogen and oxygen atoms in total. The molecule has 0 aromatic carbocycles. The van der Waals surface area contributed by atoms with Crippen molar-refractivity contribution in [3.63, 3.8) is 0 Å². The Kier molecular flexibility index (Phi) is 2.53. The molecule has 2 aliphatic rings. The Morgan fingerprint density at radius 3 is 3.14 bits per heavy atom. The minimum Gasteiger partial charge on any atom is -0.498 e. The smallest absolute Gasteiger partial charge is 0.104 e. The quantitative estimate of drug-likeness (QED) is 0.654. The van der Waals surface area contributed by atoms with Crippen LogP contribution in [0.25, 0.3) is 0 Å². The number of nitrogens with zero attached hydrogens (tertiary/aromatic N) is 1. The summed E-state index contributed by atoms with van der Waals surface area (Å²) >= 11 is 0. The molecule has 2 heteroatoms. The van der Waals surface area contributed by atoms with Gasteiger partial charge in [-0.2, -0.15) is 0 Å². The number of allylic oxidation sites excluding steroid dienone is 5. The maximum absolute atomic E-state index is 5.60. The molecule has 0 N–H and O–H groups in total. The van der Waals surface area contributed by atoms with E-state index in [9.17, 15) is 0 Å². The van der Waals surface area contributed by atoms with Crippen LogP contribution in [-0.2, 0) is 4.74 Å². The lowest BCUT2D eigenvalue weighted by molar-refractivity contribution is 0.195. The molecule has 0 aromatic heterocycles. The summed E-state index contributed by atoms with van der Waals surface area (Å²) in [6.45, 7) is 4.77. The Morgan fingerprint density at radius 1 is 1.50 bits per heavy atom. The molecule has 2 unspecified atom stereocenters. The fraction of sp³-hybridized carbons (Fsp3) is 0.417. The van der Waals surface area contributed by atoms with Gasteiger partial charge in [0.1, 0.15) is 5.76 Å². The molecule has 2 atom stereocenters. The molecule has 0 saturated carbocycles. The Hall–Kier alpha value is -1.31. The molecule has 2 rings (SSSR count). The predicted molar refractivity (Wildman–Crippen MR) is 58.1 cm³/mol. The molecule has 0 fully saturated rings. The summed E-state index contributed by atoms with van der Waals surface area (Å²) in [5.41, 5.74) is 1.08. The first-order valence-electron chi connectivity index (χ1n) is 5.05. The maximum atomic E-state index is 5.60. The van der Waals surface area contributed by atoms with Crippen LogP contribution < -0.4 is 0 Å². The molecule has 0 bridgehead atoms. The van der Waals surface area contributed by atoms with Gasteiger partial charge in [0.2, 0.25) is 0 Å². The second kappa shape index (κ2) is 3.82. The van der Waals surface area contributed by atoms with Crippen molar-refractivity contribution < 1.29 is 4.74 Å². The predicted octanol–water partition coefficient (Wildman–Crippen LogP) is 2.70. The molecule has 1 heterocycles. The number of rotatable bonds is 2. The second-order valence-corrected chi connectivity index (χ2v) is 3.58. The third-order valence-corrected chi connectivity index (χ3v) is 2.52. The summed E-state index contributed by atoms with van der Waals surface area (Å²) in [6.07, 6.45) is 10.4. The van der Waals surface area contributed by atoms with Gasteiger partial charge in [0.25, 0.3) is 0 Å². The molecule has 14 heavy (non-hydrogen) atoms. The SMILES string of the molecule is CCOC1=CC=CC2C=NC(C)=CC12. The van der Waals surface area contributed by atoms with Crippen molar-refractivity contribution in [3.8, 4) is 0 Å². The van der Waals surface area contributed by atoms with Crippen molar-refractivity contribution in [2.75, 3.05) is 6.61 Å². The van der Waals surface area contributed by atoms with Crippen LogP contribution in [0.2, 0.25) is 0 Å². The molecule has 0 amide bonds. The summed E-state index contributed by atoms with van der Waals surface area (Å²) in [4.78, 5) is 4.31. The standard InChI is InChI=1S/C12H15NO/c1-3-14-12-6-4-5-10-8-13-9(2)7-11(10)12/h4-8,10-11H,3H2,1-2H3. The Labute approximate surface area is 84.7 Å². The van der Waals surface area contributed by atoms with E-state index in [1.807, 2.05) is 32.2 Å². The van der Waals surface area contributed by atoms with Gasteiger partial charge in [-0.25, -0.2) is 0 Å². The highest BCUT2D eigenvalue weighted by Gasteiger charge is 2.25. The van der Waals surface area contributed by atoms with E-state index in [2.05, 4.69) is 17.1 Å². The van der Waals surface area contributed by atoms with E-state index >= 15 is 0 Å². The van der Waals surface area contributed by atoms with Gasteiger partial charge in [-0.1, -0.05) is 18.2 Å². The minimum atomic E-state index is 0.359. The van der Waals surface area contributed by atoms with E-state index in [1.165, 1.54) is 0 Å². The zero-order valence-corrected chi connectivity index (χ0v) is 8.60. The number of ether oxygens (including phenoxy) is 1. The molecule has 0 saturated heterocycles. The molecule has 74 valence electrons. The van der Waals surface area contributed by atoms with Crippen LogP contribution in [-0.4, -0.2) is 12.8 Å². The molecule has 0 aromatic rings.